The van der Waals surface area contributed by atoms with E-state index < -0.39 is 0 Å². The van der Waals surface area contributed by atoms with E-state index in [1.807, 2.05) is 0 Å². The van der Waals surface area contributed by atoms with Crippen LogP contribution in [0.2, 0.25) is 0 Å². The van der Waals surface area contributed by atoms with Crippen molar-refractivity contribution in [2.75, 3.05) is 58.9 Å². The molecule has 4 heteroatoms. The Balaban J connectivity index is 2.00. The number of hydrogen-bond donors (Lipinski definition) is 1. The van der Waals surface area contributed by atoms with Gasteiger partial charge in [0.15, 0.2) is 0 Å². The molecular formula is C15H28N4+. The molecule has 4 nitrogen and oxygen atoms in total. The van der Waals surface area contributed by atoms with Crippen LogP contribution in [0.1, 0.15) is 6.42 Å². The Morgan fingerprint density at radius 2 is 2.00 bits per heavy atom. The van der Waals surface area contributed by atoms with Gasteiger partial charge < -0.3 is 9.80 Å². The first kappa shape index (κ1) is 14.7. The van der Waals surface area contributed by atoms with E-state index in [4.69, 9.17) is 5.32 Å². The van der Waals surface area contributed by atoms with E-state index in [-0.39, 0.29) is 0 Å². The van der Waals surface area contributed by atoms with Crippen LogP contribution in [0.5, 0.6) is 0 Å². The van der Waals surface area contributed by atoms with E-state index in [9.17, 15) is 0 Å². The van der Waals surface area contributed by atoms with Gasteiger partial charge in [-0.05, 0) is 25.1 Å². The molecule has 0 aliphatic carbocycles. The fourth-order valence-electron chi connectivity index (χ4n) is 3.26. The van der Waals surface area contributed by atoms with Crippen LogP contribution in [-0.4, -0.2) is 74.5 Å². The zero-order valence-electron chi connectivity index (χ0n) is 12.1. The summed E-state index contributed by atoms with van der Waals surface area (Å²) in [6.07, 6.45) is 5.72. The molecule has 0 aromatic rings. The maximum atomic E-state index is 4.87. The Morgan fingerprint density at radius 1 is 1.21 bits per heavy atom. The highest BCUT2D eigenvalue weighted by Gasteiger charge is 2.36. The first-order valence-electron chi connectivity index (χ1n) is 7.48. The lowest BCUT2D eigenvalue weighted by molar-refractivity contribution is -0.923. The first-order chi connectivity index (χ1) is 9.29. The minimum atomic E-state index is 0.383. The molecule has 19 heavy (non-hydrogen) atoms. The molecule has 0 saturated carbocycles. The van der Waals surface area contributed by atoms with Gasteiger partial charge in [-0.25, -0.2) is 5.32 Å². The summed E-state index contributed by atoms with van der Waals surface area (Å²) in [5, 5.41) is 8.34. The minimum Gasteiger partial charge on any atom is -0.315 e. The molecule has 2 aliphatic heterocycles. The van der Waals surface area contributed by atoms with E-state index in [1.165, 1.54) is 13.0 Å². The Kier molecular flexibility index (Phi) is 5.58. The minimum absolute atomic E-state index is 0.383. The van der Waals surface area contributed by atoms with Crippen LogP contribution in [0.4, 0.5) is 0 Å². The van der Waals surface area contributed by atoms with E-state index in [1.54, 1.807) is 0 Å². The predicted molar refractivity (Wildman–Crippen MR) is 80.0 cm³/mol. The molecule has 1 atom stereocenters. The summed E-state index contributed by atoms with van der Waals surface area (Å²) in [6.45, 7) is 17.7. The quantitative estimate of drug-likeness (QED) is 0.576. The molecule has 1 N–H and O–H groups in total. The maximum Gasteiger partial charge on any atom is 0.126 e. The van der Waals surface area contributed by atoms with Gasteiger partial charge in [0.25, 0.3) is 0 Å². The summed E-state index contributed by atoms with van der Waals surface area (Å²) in [7, 11) is 0. The lowest BCUT2D eigenvalue weighted by atomic mass is 10.2. The third-order valence-corrected chi connectivity index (χ3v) is 4.29. The number of piperazine rings is 1. The van der Waals surface area contributed by atoms with Gasteiger partial charge in [-0.1, -0.05) is 13.2 Å². The molecule has 1 unspecified atom stereocenters. The molecule has 2 rings (SSSR count). The molecule has 2 heterocycles. The second kappa shape index (κ2) is 7.20. The van der Waals surface area contributed by atoms with E-state index in [0.29, 0.717) is 6.17 Å². The van der Waals surface area contributed by atoms with Crippen LogP contribution in [0.15, 0.2) is 25.3 Å². The van der Waals surface area contributed by atoms with Gasteiger partial charge in [-0.2, -0.15) is 0 Å². The first-order valence-corrected chi connectivity index (χ1v) is 7.48. The van der Waals surface area contributed by atoms with Gasteiger partial charge in [0.1, 0.15) is 12.7 Å². The monoisotopic (exact) mass is 264 g/mol. The highest BCUT2D eigenvalue weighted by atomic mass is 15.4. The van der Waals surface area contributed by atoms with Crippen LogP contribution in [-0.2, 0) is 0 Å². The lowest BCUT2D eigenvalue weighted by Gasteiger charge is -2.45. The van der Waals surface area contributed by atoms with Crippen molar-refractivity contribution in [3.63, 3.8) is 0 Å². The maximum absolute atomic E-state index is 4.87. The summed E-state index contributed by atoms with van der Waals surface area (Å²) < 4.78 is 1.07. The van der Waals surface area contributed by atoms with Gasteiger partial charge in [0.05, 0.1) is 26.2 Å². The van der Waals surface area contributed by atoms with Crippen molar-refractivity contribution >= 4 is 0 Å². The molecule has 0 aromatic heterocycles. The van der Waals surface area contributed by atoms with E-state index in [2.05, 4.69) is 35.5 Å². The number of nitrogens with zero attached hydrogens (tertiary/aromatic N) is 3. The molecule has 2 saturated heterocycles. The van der Waals surface area contributed by atoms with Gasteiger partial charge in [-0.3, -0.25) is 4.90 Å². The van der Waals surface area contributed by atoms with Crippen molar-refractivity contribution < 1.29 is 4.48 Å². The van der Waals surface area contributed by atoms with Crippen molar-refractivity contribution in [3.05, 3.63) is 25.3 Å². The van der Waals surface area contributed by atoms with Crippen LogP contribution >= 0.6 is 0 Å². The van der Waals surface area contributed by atoms with Gasteiger partial charge in [0.2, 0.25) is 0 Å². The second-order valence-electron chi connectivity index (χ2n) is 5.72. The molecule has 1 radical (unpaired) electrons. The topological polar surface area (TPSA) is 29.4 Å². The van der Waals surface area contributed by atoms with Gasteiger partial charge in [-0.15, -0.1) is 0 Å². The molecule has 2 aliphatic rings. The fraction of sp³-hybridized carbons (Fsp3) is 0.733. The van der Waals surface area contributed by atoms with Crippen LogP contribution in [0, 0.1) is 0 Å². The highest BCUT2D eigenvalue weighted by molar-refractivity contribution is 4.80. The third kappa shape index (κ3) is 3.89. The smallest absolute Gasteiger partial charge is 0.126 e. The summed E-state index contributed by atoms with van der Waals surface area (Å²) >= 11 is 0. The summed E-state index contributed by atoms with van der Waals surface area (Å²) in [5.41, 5.74) is 0. The molecule has 0 bridgehead atoms. The standard InChI is InChI=1S/C15H28N4/c1-3-11-19(12-4-2)13-8-17-15(14-19)18-9-5-6-16-7-10-18/h3-4,15-16H,1-2,5-14H2/q+1. The number of nitrogens with one attached hydrogen (secondary N) is 1. The largest absolute Gasteiger partial charge is 0.315 e. The zero-order valence-corrected chi connectivity index (χ0v) is 12.1. The molecule has 2 fully saturated rings. The molecule has 0 amide bonds. The van der Waals surface area contributed by atoms with Crippen molar-refractivity contribution in [1.29, 1.82) is 0 Å². The van der Waals surface area contributed by atoms with Crippen molar-refractivity contribution in [3.8, 4) is 0 Å². The number of hydrogen-bond acceptors (Lipinski definition) is 2. The Hall–Kier alpha value is -0.680. The average Bonchev–Trinajstić information content (AvgIpc) is 2.68. The molecule has 0 aromatic carbocycles. The SMILES string of the molecule is C=CC[N+]1(CC=C)CC[N]C(N2CCCNCC2)C1. The number of quaternary nitrogens is 1. The third-order valence-electron chi connectivity index (χ3n) is 4.29. The Morgan fingerprint density at radius 3 is 2.74 bits per heavy atom. The summed E-state index contributed by atoms with van der Waals surface area (Å²) in [5.74, 6) is 0. The van der Waals surface area contributed by atoms with E-state index >= 15 is 0 Å². The van der Waals surface area contributed by atoms with Gasteiger partial charge in [0, 0.05) is 19.6 Å². The highest BCUT2D eigenvalue weighted by Crippen LogP contribution is 2.16. The van der Waals surface area contributed by atoms with E-state index in [0.717, 1.165) is 56.8 Å². The summed E-state index contributed by atoms with van der Waals surface area (Å²) in [6, 6.07) is 0. The zero-order chi connectivity index (χ0) is 13.6. The predicted octanol–water partition coefficient (Wildman–Crippen LogP) is 0.415. The lowest BCUT2D eigenvalue weighted by Crippen LogP contribution is -2.65. The Labute approximate surface area is 117 Å². The van der Waals surface area contributed by atoms with Crippen LogP contribution < -0.4 is 10.6 Å². The number of rotatable bonds is 5. The molecule has 0 spiro atoms. The Bertz CT molecular complexity index is 285. The summed E-state index contributed by atoms with van der Waals surface area (Å²) in [4.78, 5) is 2.55. The fourth-order valence-corrected chi connectivity index (χ4v) is 3.26. The van der Waals surface area contributed by atoms with Crippen LogP contribution in [0.25, 0.3) is 0 Å². The van der Waals surface area contributed by atoms with Crippen molar-refractivity contribution in [2.45, 2.75) is 12.6 Å². The molecule has 107 valence electrons. The van der Waals surface area contributed by atoms with Crippen molar-refractivity contribution in [2.24, 2.45) is 0 Å². The van der Waals surface area contributed by atoms with Gasteiger partial charge >= 0.3 is 0 Å². The average molecular weight is 264 g/mol. The van der Waals surface area contributed by atoms with Crippen molar-refractivity contribution in [1.82, 2.24) is 15.5 Å². The molecular weight excluding hydrogens is 236 g/mol. The normalized spacial score (nSPS) is 28.5. The second-order valence-corrected chi connectivity index (χ2v) is 5.72. The van der Waals surface area contributed by atoms with Crippen LogP contribution in [0.3, 0.4) is 0 Å².